The number of rotatable bonds is 5. The third-order valence-corrected chi connectivity index (χ3v) is 2.50. The number of carbonyl (C=O) groups is 2. The SMILES string of the molecule is CC(=O)N[C@@H](Cc1ccc(O)cc1)C(=O)NC(C)C. The quantitative estimate of drug-likeness (QED) is 0.741. The molecule has 3 N–H and O–H groups in total. The summed E-state index contributed by atoms with van der Waals surface area (Å²) in [4.78, 5) is 23.1. The molecule has 0 spiro atoms. The Labute approximate surface area is 113 Å². The molecule has 0 heterocycles. The summed E-state index contributed by atoms with van der Waals surface area (Å²) in [5.74, 6) is -0.285. The van der Waals surface area contributed by atoms with Crippen molar-refractivity contribution in [1.29, 1.82) is 0 Å². The lowest BCUT2D eigenvalue weighted by Crippen LogP contribution is -2.49. The van der Waals surface area contributed by atoms with Gasteiger partial charge in [0, 0.05) is 19.4 Å². The fourth-order valence-electron chi connectivity index (χ4n) is 1.71. The van der Waals surface area contributed by atoms with Crippen molar-refractivity contribution in [3.05, 3.63) is 29.8 Å². The molecular formula is C14H20N2O3. The van der Waals surface area contributed by atoms with Gasteiger partial charge in [0.15, 0.2) is 0 Å². The number of hydrogen-bond donors (Lipinski definition) is 3. The predicted molar refractivity (Wildman–Crippen MR) is 72.7 cm³/mol. The van der Waals surface area contributed by atoms with Crippen molar-refractivity contribution in [2.24, 2.45) is 0 Å². The van der Waals surface area contributed by atoms with Crippen LogP contribution in [-0.2, 0) is 16.0 Å². The Morgan fingerprint density at radius 2 is 1.74 bits per heavy atom. The second kappa shape index (κ2) is 6.78. The van der Waals surface area contributed by atoms with E-state index < -0.39 is 6.04 Å². The summed E-state index contributed by atoms with van der Waals surface area (Å²) in [6, 6.07) is 5.98. The van der Waals surface area contributed by atoms with Gasteiger partial charge in [0.05, 0.1) is 0 Å². The van der Waals surface area contributed by atoms with E-state index in [9.17, 15) is 14.7 Å². The Bertz CT molecular complexity index is 441. The molecule has 104 valence electrons. The minimum absolute atomic E-state index is 0.0172. The van der Waals surface area contributed by atoms with Gasteiger partial charge in [0.25, 0.3) is 0 Å². The largest absolute Gasteiger partial charge is 0.508 e. The van der Waals surface area contributed by atoms with E-state index in [2.05, 4.69) is 10.6 Å². The van der Waals surface area contributed by atoms with Crippen LogP contribution in [0.1, 0.15) is 26.3 Å². The Morgan fingerprint density at radius 3 is 2.21 bits per heavy atom. The molecule has 0 aliphatic rings. The normalized spacial score (nSPS) is 12.0. The fourth-order valence-corrected chi connectivity index (χ4v) is 1.71. The Kier molecular flexibility index (Phi) is 5.36. The van der Waals surface area contributed by atoms with Crippen LogP contribution in [0.25, 0.3) is 0 Å². The van der Waals surface area contributed by atoms with Gasteiger partial charge in [-0.25, -0.2) is 0 Å². The number of phenolic OH excluding ortho intramolecular Hbond substituents is 1. The lowest BCUT2D eigenvalue weighted by molar-refractivity contribution is -0.128. The van der Waals surface area contributed by atoms with Gasteiger partial charge in [-0.05, 0) is 31.5 Å². The van der Waals surface area contributed by atoms with Crippen LogP contribution in [0.3, 0.4) is 0 Å². The molecular weight excluding hydrogens is 244 g/mol. The standard InChI is InChI=1S/C14H20N2O3/c1-9(2)15-14(19)13(16-10(3)17)8-11-4-6-12(18)7-5-11/h4-7,9,13,18H,8H2,1-3H3,(H,15,19)(H,16,17)/t13-/m0/s1. The van der Waals surface area contributed by atoms with Crippen LogP contribution in [0.2, 0.25) is 0 Å². The fraction of sp³-hybridized carbons (Fsp3) is 0.429. The topological polar surface area (TPSA) is 78.4 Å². The van der Waals surface area contributed by atoms with Crippen LogP contribution in [0.4, 0.5) is 0 Å². The zero-order chi connectivity index (χ0) is 14.4. The summed E-state index contributed by atoms with van der Waals surface area (Å²) < 4.78 is 0. The van der Waals surface area contributed by atoms with Crippen molar-refractivity contribution in [3.63, 3.8) is 0 Å². The van der Waals surface area contributed by atoms with Crippen LogP contribution in [0, 0.1) is 0 Å². The molecule has 5 heteroatoms. The van der Waals surface area contributed by atoms with Crippen LogP contribution in [-0.4, -0.2) is 29.0 Å². The van der Waals surface area contributed by atoms with Gasteiger partial charge in [0.1, 0.15) is 11.8 Å². The molecule has 0 fully saturated rings. The highest BCUT2D eigenvalue weighted by molar-refractivity contribution is 5.87. The van der Waals surface area contributed by atoms with Crippen molar-refractivity contribution in [3.8, 4) is 5.75 Å². The third-order valence-electron chi connectivity index (χ3n) is 2.50. The Balaban J connectivity index is 2.76. The maximum absolute atomic E-state index is 12.0. The zero-order valence-electron chi connectivity index (χ0n) is 11.4. The van der Waals surface area contributed by atoms with Crippen molar-refractivity contribution < 1.29 is 14.7 Å². The molecule has 19 heavy (non-hydrogen) atoms. The van der Waals surface area contributed by atoms with Gasteiger partial charge in [-0.2, -0.15) is 0 Å². The van der Waals surface area contributed by atoms with Crippen molar-refractivity contribution in [2.45, 2.75) is 39.3 Å². The molecule has 0 saturated carbocycles. The summed E-state index contributed by atoms with van der Waals surface area (Å²) in [7, 11) is 0. The van der Waals surface area contributed by atoms with Gasteiger partial charge in [0.2, 0.25) is 11.8 Å². The van der Waals surface area contributed by atoms with E-state index in [1.165, 1.54) is 6.92 Å². The highest BCUT2D eigenvalue weighted by Gasteiger charge is 2.20. The zero-order valence-corrected chi connectivity index (χ0v) is 11.4. The maximum Gasteiger partial charge on any atom is 0.243 e. The highest BCUT2D eigenvalue weighted by atomic mass is 16.3. The summed E-state index contributed by atoms with van der Waals surface area (Å²) >= 11 is 0. The van der Waals surface area contributed by atoms with Crippen molar-refractivity contribution in [1.82, 2.24) is 10.6 Å². The van der Waals surface area contributed by atoms with E-state index in [0.29, 0.717) is 6.42 Å². The highest BCUT2D eigenvalue weighted by Crippen LogP contribution is 2.11. The van der Waals surface area contributed by atoms with Crippen LogP contribution < -0.4 is 10.6 Å². The first-order valence-corrected chi connectivity index (χ1v) is 6.24. The van der Waals surface area contributed by atoms with Crippen LogP contribution in [0.15, 0.2) is 24.3 Å². The molecule has 0 unspecified atom stereocenters. The molecule has 0 aliphatic heterocycles. The molecule has 1 aromatic carbocycles. The number of carbonyl (C=O) groups excluding carboxylic acids is 2. The number of amides is 2. The van der Waals surface area contributed by atoms with Gasteiger partial charge < -0.3 is 15.7 Å². The number of phenols is 1. The van der Waals surface area contributed by atoms with E-state index in [-0.39, 0.29) is 23.6 Å². The third kappa shape index (κ3) is 5.42. The van der Waals surface area contributed by atoms with E-state index in [1.807, 2.05) is 13.8 Å². The molecule has 0 saturated heterocycles. The maximum atomic E-state index is 12.0. The minimum Gasteiger partial charge on any atom is -0.508 e. The summed E-state index contributed by atoms with van der Waals surface area (Å²) in [5, 5.41) is 14.6. The van der Waals surface area contributed by atoms with E-state index >= 15 is 0 Å². The van der Waals surface area contributed by atoms with Crippen LogP contribution in [0.5, 0.6) is 5.75 Å². The van der Waals surface area contributed by atoms with E-state index in [4.69, 9.17) is 0 Å². The first-order valence-electron chi connectivity index (χ1n) is 6.24. The number of aromatic hydroxyl groups is 1. The molecule has 0 bridgehead atoms. The molecule has 2 amide bonds. The van der Waals surface area contributed by atoms with E-state index in [0.717, 1.165) is 5.56 Å². The average Bonchev–Trinajstić information content (AvgIpc) is 2.29. The summed E-state index contributed by atoms with van der Waals surface area (Å²) in [5.41, 5.74) is 0.871. The summed E-state index contributed by atoms with van der Waals surface area (Å²) in [6.45, 7) is 5.11. The number of benzene rings is 1. The molecule has 0 aliphatic carbocycles. The first-order chi connectivity index (χ1) is 8.88. The first kappa shape index (κ1) is 15.0. The Morgan fingerprint density at radius 1 is 1.16 bits per heavy atom. The second-order valence-electron chi connectivity index (χ2n) is 4.79. The molecule has 5 nitrogen and oxygen atoms in total. The number of nitrogens with one attached hydrogen (secondary N) is 2. The molecule has 0 radical (unpaired) electrons. The number of hydrogen-bond acceptors (Lipinski definition) is 3. The molecule has 1 aromatic rings. The minimum atomic E-state index is -0.607. The Hall–Kier alpha value is -2.04. The van der Waals surface area contributed by atoms with Crippen molar-refractivity contribution in [2.75, 3.05) is 0 Å². The summed E-state index contributed by atoms with van der Waals surface area (Å²) in [6.07, 6.45) is 0.387. The predicted octanol–water partition coefficient (Wildman–Crippen LogP) is 0.964. The molecule has 0 aromatic heterocycles. The lowest BCUT2D eigenvalue weighted by Gasteiger charge is -2.19. The second-order valence-corrected chi connectivity index (χ2v) is 4.79. The smallest absolute Gasteiger partial charge is 0.243 e. The van der Waals surface area contributed by atoms with Gasteiger partial charge >= 0.3 is 0 Å². The molecule has 1 rings (SSSR count). The van der Waals surface area contributed by atoms with E-state index in [1.54, 1.807) is 24.3 Å². The lowest BCUT2D eigenvalue weighted by atomic mass is 10.0. The monoisotopic (exact) mass is 264 g/mol. The van der Waals surface area contributed by atoms with Crippen molar-refractivity contribution >= 4 is 11.8 Å². The van der Waals surface area contributed by atoms with Crippen LogP contribution >= 0.6 is 0 Å². The van der Waals surface area contributed by atoms with Gasteiger partial charge in [-0.15, -0.1) is 0 Å². The molecule has 1 atom stereocenters. The average molecular weight is 264 g/mol. The van der Waals surface area contributed by atoms with Gasteiger partial charge in [-0.1, -0.05) is 12.1 Å². The van der Waals surface area contributed by atoms with Gasteiger partial charge in [-0.3, -0.25) is 9.59 Å².